The van der Waals surface area contributed by atoms with E-state index in [2.05, 4.69) is 19.9 Å². The minimum atomic E-state index is -0.233. The minimum absolute atomic E-state index is 0.179. The van der Waals surface area contributed by atoms with Gasteiger partial charge in [0, 0.05) is 18.8 Å². The first kappa shape index (κ1) is 14.4. The molecule has 24 heavy (non-hydrogen) atoms. The van der Waals surface area contributed by atoms with Crippen LogP contribution in [0.3, 0.4) is 0 Å². The smallest absolute Gasteiger partial charge is 0.326 e. The van der Waals surface area contributed by atoms with Crippen LogP contribution in [-0.2, 0) is 13.0 Å². The molecule has 0 radical (unpaired) electrons. The fourth-order valence-corrected chi connectivity index (χ4v) is 2.98. The van der Waals surface area contributed by atoms with E-state index in [0.717, 1.165) is 17.0 Å². The molecule has 1 aromatic carbocycles. The van der Waals surface area contributed by atoms with Crippen LogP contribution in [0.5, 0.6) is 0 Å². The van der Waals surface area contributed by atoms with Crippen LogP contribution >= 0.6 is 0 Å². The topological polar surface area (TPSA) is 102 Å². The Morgan fingerprint density at radius 2 is 2.08 bits per heavy atom. The summed E-state index contributed by atoms with van der Waals surface area (Å²) in [6.07, 6.45) is 5.48. The van der Waals surface area contributed by atoms with Crippen LogP contribution in [0.15, 0.2) is 58.7 Å². The molecule has 0 saturated heterocycles. The Morgan fingerprint density at radius 1 is 1.25 bits per heavy atom. The summed E-state index contributed by atoms with van der Waals surface area (Å²) in [5.41, 5.74) is 9.15. The summed E-state index contributed by atoms with van der Waals surface area (Å²) >= 11 is 0. The van der Waals surface area contributed by atoms with Crippen molar-refractivity contribution < 1.29 is 0 Å². The number of aromatic nitrogens is 4. The van der Waals surface area contributed by atoms with E-state index < -0.39 is 0 Å². The van der Waals surface area contributed by atoms with Gasteiger partial charge in [-0.05, 0) is 5.56 Å². The molecule has 0 aliphatic carbocycles. The third-order valence-corrected chi connectivity index (χ3v) is 4.14. The van der Waals surface area contributed by atoms with Crippen LogP contribution in [0, 0.1) is 0 Å². The van der Waals surface area contributed by atoms with E-state index in [1.54, 1.807) is 23.2 Å². The second kappa shape index (κ2) is 5.77. The predicted octanol–water partition coefficient (Wildman–Crippen LogP) is 1.02. The van der Waals surface area contributed by atoms with Crippen LogP contribution in [0.4, 0.5) is 0 Å². The number of hydrogen-bond donors (Lipinski definition) is 2. The zero-order valence-corrected chi connectivity index (χ0v) is 12.9. The Bertz CT molecular complexity index is 942. The number of nitrogens with two attached hydrogens (primary N) is 1. The summed E-state index contributed by atoms with van der Waals surface area (Å²) in [6.45, 7) is 0.492. The lowest BCUT2D eigenvalue weighted by atomic mass is 10.0. The molecule has 1 unspecified atom stereocenters. The van der Waals surface area contributed by atoms with Crippen LogP contribution in [-0.4, -0.2) is 25.4 Å². The Morgan fingerprint density at radius 3 is 2.83 bits per heavy atom. The molecule has 3 N–H and O–H groups in total. The first-order valence-electron chi connectivity index (χ1n) is 7.67. The van der Waals surface area contributed by atoms with E-state index in [9.17, 15) is 4.79 Å². The van der Waals surface area contributed by atoms with E-state index in [-0.39, 0.29) is 11.7 Å². The van der Waals surface area contributed by atoms with Crippen LogP contribution in [0.1, 0.15) is 28.7 Å². The van der Waals surface area contributed by atoms with Crippen LogP contribution in [0.2, 0.25) is 0 Å². The molecule has 0 amide bonds. The van der Waals surface area contributed by atoms with E-state index in [1.807, 2.05) is 30.3 Å². The number of aliphatic imine (C=N–C) groups is 1. The molecular formula is C17H16N6O. The first-order chi connectivity index (χ1) is 11.7. The zero-order valence-electron chi connectivity index (χ0n) is 12.9. The Labute approximate surface area is 137 Å². The van der Waals surface area contributed by atoms with Gasteiger partial charge in [-0.2, -0.15) is 0 Å². The molecule has 120 valence electrons. The van der Waals surface area contributed by atoms with E-state index in [0.29, 0.717) is 24.5 Å². The van der Waals surface area contributed by atoms with Gasteiger partial charge in [-0.1, -0.05) is 30.3 Å². The standard InChI is InChI=1S/C17H16N6O/c18-16-15-14(8-12(21-16)13-9-19-6-7-20-13)23(17(24)22-15)10-11-4-2-1-3-5-11/h1-7,9,12H,8,10H2,(H2,18,21)(H,22,24). The Hall–Kier alpha value is -3.22. The largest absolute Gasteiger partial charge is 0.382 e. The molecule has 3 aromatic rings. The van der Waals surface area contributed by atoms with E-state index in [4.69, 9.17) is 5.73 Å². The van der Waals surface area contributed by atoms with Crippen molar-refractivity contribution in [3.05, 3.63) is 82.1 Å². The van der Waals surface area contributed by atoms with Gasteiger partial charge in [-0.25, -0.2) is 4.79 Å². The van der Waals surface area contributed by atoms with Gasteiger partial charge in [0.15, 0.2) is 0 Å². The van der Waals surface area contributed by atoms with Gasteiger partial charge < -0.3 is 10.7 Å². The second-order valence-corrected chi connectivity index (χ2v) is 5.69. The molecule has 0 fully saturated rings. The highest BCUT2D eigenvalue weighted by Gasteiger charge is 2.27. The number of imidazole rings is 1. The highest BCUT2D eigenvalue weighted by molar-refractivity contribution is 5.97. The molecule has 7 heteroatoms. The van der Waals surface area contributed by atoms with Crippen molar-refractivity contribution in [2.75, 3.05) is 0 Å². The first-order valence-corrected chi connectivity index (χ1v) is 7.67. The van der Waals surface area contributed by atoms with Crippen molar-refractivity contribution in [2.24, 2.45) is 10.7 Å². The maximum Gasteiger partial charge on any atom is 0.326 e. The van der Waals surface area contributed by atoms with Gasteiger partial charge in [0.05, 0.1) is 24.1 Å². The van der Waals surface area contributed by atoms with Crippen molar-refractivity contribution in [1.29, 1.82) is 0 Å². The lowest BCUT2D eigenvalue weighted by Gasteiger charge is -2.19. The van der Waals surface area contributed by atoms with Gasteiger partial charge >= 0.3 is 5.69 Å². The molecule has 0 bridgehead atoms. The second-order valence-electron chi connectivity index (χ2n) is 5.69. The van der Waals surface area contributed by atoms with Gasteiger partial charge in [0.25, 0.3) is 0 Å². The molecular weight excluding hydrogens is 304 g/mol. The SMILES string of the molecule is NC1=NC(c2cnccn2)Cc2c1[nH]c(=O)n2Cc1ccccc1. The Kier molecular flexibility index (Phi) is 3.45. The number of nitrogens with zero attached hydrogens (tertiary/aromatic N) is 4. The third kappa shape index (κ3) is 2.50. The summed E-state index contributed by atoms with van der Waals surface area (Å²) in [7, 11) is 0. The van der Waals surface area contributed by atoms with Crippen LogP contribution < -0.4 is 11.4 Å². The fourth-order valence-electron chi connectivity index (χ4n) is 2.98. The van der Waals surface area contributed by atoms with Crippen LogP contribution in [0.25, 0.3) is 0 Å². The maximum absolute atomic E-state index is 12.4. The molecule has 0 spiro atoms. The van der Waals surface area contributed by atoms with Crippen molar-refractivity contribution in [3.63, 3.8) is 0 Å². The summed E-state index contributed by atoms with van der Waals surface area (Å²) < 4.78 is 1.72. The van der Waals surface area contributed by atoms with Crippen molar-refractivity contribution >= 4 is 5.84 Å². The molecule has 7 nitrogen and oxygen atoms in total. The highest BCUT2D eigenvalue weighted by atomic mass is 16.1. The molecule has 1 atom stereocenters. The predicted molar refractivity (Wildman–Crippen MR) is 89.8 cm³/mol. The number of hydrogen-bond acceptors (Lipinski definition) is 5. The minimum Gasteiger partial charge on any atom is -0.382 e. The molecule has 2 aromatic heterocycles. The molecule has 4 rings (SSSR count). The van der Waals surface area contributed by atoms with E-state index >= 15 is 0 Å². The molecule has 1 aliphatic heterocycles. The van der Waals surface area contributed by atoms with Crippen molar-refractivity contribution in [3.8, 4) is 0 Å². The number of fused-ring (bicyclic) bond motifs is 1. The molecule has 1 aliphatic rings. The van der Waals surface area contributed by atoms with E-state index in [1.165, 1.54) is 0 Å². The normalized spacial score (nSPS) is 16.5. The number of aromatic amines is 1. The van der Waals surface area contributed by atoms with Crippen molar-refractivity contribution in [1.82, 2.24) is 19.5 Å². The lowest BCUT2D eigenvalue weighted by Crippen LogP contribution is -2.25. The lowest BCUT2D eigenvalue weighted by molar-refractivity contribution is 0.623. The maximum atomic E-state index is 12.4. The third-order valence-electron chi connectivity index (χ3n) is 4.14. The monoisotopic (exact) mass is 320 g/mol. The summed E-state index contributed by atoms with van der Waals surface area (Å²) in [6, 6.07) is 9.62. The van der Waals surface area contributed by atoms with Crippen molar-refractivity contribution in [2.45, 2.75) is 19.0 Å². The van der Waals surface area contributed by atoms with Gasteiger partial charge in [-0.15, -0.1) is 0 Å². The number of amidine groups is 1. The van der Waals surface area contributed by atoms with Gasteiger partial charge in [0.2, 0.25) is 0 Å². The number of benzene rings is 1. The summed E-state index contributed by atoms with van der Waals surface area (Å²) in [5, 5.41) is 0. The average Bonchev–Trinajstić information content (AvgIpc) is 2.93. The fraction of sp³-hybridized carbons (Fsp3) is 0.176. The number of H-pyrrole nitrogens is 1. The average molecular weight is 320 g/mol. The molecule has 3 heterocycles. The number of nitrogens with one attached hydrogen (secondary N) is 1. The highest BCUT2D eigenvalue weighted by Crippen LogP contribution is 2.26. The van der Waals surface area contributed by atoms with Gasteiger partial charge in [-0.3, -0.25) is 19.5 Å². The summed E-state index contributed by atoms with van der Waals surface area (Å²) in [5.74, 6) is 0.329. The Balaban J connectivity index is 1.74. The molecule has 0 saturated carbocycles. The summed E-state index contributed by atoms with van der Waals surface area (Å²) in [4.78, 5) is 28.0. The number of rotatable bonds is 3. The van der Waals surface area contributed by atoms with Gasteiger partial charge in [0.1, 0.15) is 17.6 Å². The quantitative estimate of drug-likeness (QED) is 0.752. The zero-order chi connectivity index (χ0) is 16.5.